The highest BCUT2D eigenvalue weighted by Gasteiger charge is 2.35. The van der Waals surface area contributed by atoms with Crippen LogP contribution in [0.2, 0.25) is 0 Å². The molecule has 0 spiro atoms. The van der Waals surface area contributed by atoms with E-state index < -0.39 is 10.0 Å². The van der Waals surface area contributed by atoms with Crippen LogP contribution in [0.3, 0.4) is 0 Å². The summed E-state index contributed by atoms with van der Waals surface area (Å²) in [7, 11) is -3.65. The van der Waals surface area contributed by atoms with Crippen molar-refractivity contribution in [1.82, 2.24) is 9.71 Å². The molecule has 1 aromatic heterocycles. The number of aromatic amines is 1. The maximum absolute atomic E-state index is 12.4. The van der Waals surface area contributed by atoms with Gasteiger partial charge in [-0.1, -0.05) is 30.3 Å². The monoisotopic (exact) mass is 304 g/mol. The molecule has 2 N–H and O–H groups in total. The molecule has 0 radical (unpaired) electrons. The van der Waals surface area contributed by atoms with Crippen LogP contribution in [-0.4, -0.2) is 13.4 Å². The van der Waals surface area contributed by atoms with E-state index in [1.54, 1.807) is 0 Å². The summed E-state index contributed by atoms with van der Waals surface area (Å²) in [5, 5.41) is 0. The van der Waals surface area contributed by atoms with E-state index in [4.69, 9.17) is 0 Å². The number of nitrogens with one attached hydrogen (secondary N) is 2. The van der Waals surface area contributed by atoms with E-state index in [2.05, 4.69) is 9.71 Å². The molecular formula is C15H16N2O3S. The Morgan fingerprint density at radius 2 is 1.81 bits per heavy atom. The molecule has 6 heteroatoms. The first-order valence-corrected chi connectivity index (χ1v) is 8.30. The SMILES string of the molecule is O=c1ccc(S(=O)(=O)NC(c2ccccc2)C2CC2)c[nH]1. The van der Waals surface area contributed by atoms with Gasteiger partial charge in [-0.15, -0.1) is 0 Å². The zero-order valence-corrected chi connectivity index (χ0v) is 12.1. The largest absolute Gasteiger partial charge is 0.328 e. The van der Waals surface area contributed by atoms with Crippen molar-refractivity contribution in [3.63, 3.8) is 0 Å². The fraction of sp³-hybridized carbons (Fsp3) is 0.267. The van der Waals surface area contributed by atoms with E-state index in [1.807, 2.05) is 30.3 Å². The molecular weight excluding hydrogens is 288 g/mol. The Balaban J connectivity index is 1.89. The van der Waals surface area contributed by atoms with Gasteiger partial charge >= 0.3 is 0 Å². The van der Waals surface area contributed by atoms with E-state index in [9.17, 15) is 13.2 Å². The highest BCUT2D eigenvalue weighted by Crippen LogP contribution is 2.41. The second-order valence-electron chi connectivity index (χ2n) is 5.24. The Morgan fingerprint density at radius 3 is 2.38 bits per heavy atom. The van der Waals surface area contributed by atoms with E-state index in [1.165, 1.54) is 18.3 Å². The molecule has 1 atom stereocenters. The highest BCUT2D eigenvalue weighted by atomic mass is 32.2. The Hall–Kier alpha value is -1.92. The number of aromatic nitrogens is 1. The second kappa shape index (κ2) is 5.46. The summed E-state index contributed by atoms with van der Waals surface area (Å²) >= 11 is 0. The molecule has 0 aliphatic heterocycles. The summed E-state index contributed by atoms with van der Waals surface area (Å²) in [5.41, 5.74) is 0.642. The van der Waals surface area contributed by atoms with Crippen LogP contribution in [0.4, 0.5) is 0 Å². The Bertz CT molecular complexity index is 760. The zero-order valence-electron chi connectivity index (χ0n) is 11.3. The van der Waals surface area contributed by atoms with Crippen LogP contribution in [0.1, 0.15) is 24.4 Å². The molecule has 1 saturated carbocycles. The van der Waals surface area contributed by atoms with Crippen molar-refractivity contribution in [1.29, 1.82) is 0 Å². The standard InChI is InChI=1S/C15H16N2O3S/c18-14-9-8-13(10-16-14)21(19,20)17-15(12-6-7-12)11-4-2-1-3-5-11/h1-5,8-10,12,15,17H,6-7H2,(H,16,18). The molecule has 21 heavy (non-hydrogen) atoms. The van der Waals surface area contributed by atoms with Gasteiger partial charge in [-0.3, -0.25) is 4.79 Å². The van der Waals surface area contributed by atoms with Crippen LogP contribution in [0.5, 0.6) is 0 Å². The van der Waals surface area contributed by atoms with Crippen LogP contribution in [0, 0.1) is 5.92 Å². The van der Waals surface area contributed by atoms with Crippen LogP contribution in [-0.2, 0) is 10.0 Å². The van der Waals surface area contributed by atoms with Gasteiger partial charge in [0.05, 0.1) is 4.90 Å². The highest BCUT2D eigenvalue weighted by molar-refractivity contribution is 7.89. The Labute approximate surface area is 123 Å². The maximum Gasteiger partial charge on any atom is 0.247 e. The predicted molar refractivity (Wildman–Crippen MR) is 79.3 cm³/mol. The van der Waals surface area contributed by atoms with Gasteiger partial charge in [0.1, 0.15) is 0 Å². The third-order valence-electron chi connectivity index (χ3n) is 3.60. The average Bonchev–Trinajstić information content (AvgIpc) is 3.31. The van der Waals surface area contributed by atoms with Crippen molar-refractivity contribution in [2.75, 3.05) is 0 Å². The van der Waals surface area contributed by atoms with Gasteiger partial charge < -0.3 is 4.98 Å². The number of H-pyrrole nitrogens is 1. The summed E-state index contributed by atoms with van der Waals surface area (Å²) in [6.45, 7) is 0. The lowest BCUT2D eigenvalue weighted by Crippen LogP contribution is -2.30. The minimum Gasteiger partial charge on any atom is -0.328 e. The zero-order chi connectivity index (χ0) is 14.9. The van der Waals surface area contributed by atoms with Crippen molar-refractivity contribution in [2.24, 2.45) is 5.92 Å². The summed E-state index contributed by atoms with van der Waals surface area (Å²) < 4.78 is 27.6. The molecule has 1 aromatic carbocycles. The lowest BCUT2D eigenvalue weighted by molar-refractivity contribution is 0.528. The van der Waals surface area contributed by atoms with E-state index in [0.717, 1.165) is 18.4 Å². The van der Waals surface area contributed by atoms with E-state index in [-0.39, 0.29) is 16.5 Å². The lowest BCUT2D eigenvalue weighted by Gasteiger charge is -2.18. The molecule has 1 unspecified atom stereocenters. The molecule has 1 aliphatic rings. The number of rotatable bonds is 5. The van der Waals surface area contributed by atoms with Gasteiger partial charge in [0.25, 0.3) is 0 Å². The molecule has 0 amide bonds. The van der Waals surface area contributed by atoms with Crippen molar-refractivity contribution in [3.8, 4) is 0 Å². The van der Waals surface area contributed by atoms with Crippen molar-refractivity contribution in [2.45, 2.75) is 23.8 Å². The quantitative estimate of drug-likeness (QED) is 0.884. The normalized spacial score (nSPS) is 16.6. The van der Waals surface area contributed by atoms with Crippen molar-refractivity contribution < 1.29 is 8.42 Å². The van der Waals surface area contributed by atoms with Crippen LogP contribution >= 0.6 is 0 Å². The molecule has 0 bridgehead atoms. The summed E-state index contributed by atoms with van der Waals surface area (Å²) in [6.07, 6.45) is 3.26. The topological polar surface area (TPSA) is 79.0 Å². The first kappa shape index (κ1) is 14.0. The number of hydrogen-bond acceptors (Lipinski definition) is 3. The Morgan fingerprint density at radius 1 is 1.10 bits per heavy atom. The maximum atomic E-state index is 12.4. The van der Waals surface area contributed by atoms with E-state index in [0.29, 0.717) is 5.92 Å². The minimum atomic E-state index is -3.65. The lowest BCUT2D eigenvalue weighted by atomic mass is 10.0. The van der Waals surface area contributed by atoms with Gasteiger partial charge in [-0.05, 0) is 30.4 Å². The summed E-state index contributed by atoms with van der Waals surface area (Å²) in [4.78, 5) is 13.5. The number of hydrogen-bond donors (Lipinski definition) is 2. The third-order valence-corrected chi connectivity index (χ3v) is 5.04. The number of sulfonamides is 1. The Kier molecular flexibility index (Phi) is 3.65. The first-order valence-electron chi connectivity index (χ1n) is 6.82. The molecule has 2 aromatic rings. The average molecular weight is 304 g/mol. The van der Waals surface area contributed by atoms with Gasteiger partial charge in [-0.2, -0.15) is 0 Å². The third kappa shape index (κ3) is 3.22. The van der Waals surface area contributed by atoms with Crippen molar-refractivity contribution >= 4 is 10.0 Å². The van der Waals surface area contributed by atoms with Gasteiger partial charge in [0, 0.05) is 18.3 Å². The van der Waals surface area contributed by atoms with Gasteiger partial charge in [0.15, 0.2) is 0 Å². The summed E-state index contributed by atoms with van der Waals surface area (Å²) in [5.74, 6) is 0.338. The minimum absolute atomic E-state index is 0.0729. The van der Waals surface area contributed by atoms with Gasteiger partial charge in [-0.25, -0.2) is 13.1 Å². The smallest absolute Gasteiger partial charge is 0.247 e. The van der Waals surface area contributed by atoms with Crippen LogP contribution < -0.4 is 10.3 Å². The predicted octanol–water partition coefficient (Wildman–Crippen LogP) is 1.80. The molecule has 0 saturated heterocycles. The molecule has 110 valence electrons. The molecule has 1 fully saturated rings. The first-order chi connectivity index (χ1) is 10.1. The van der Waals surface area contributed by atoms with Crippen molar-refractivity contribution in [3.05, 3.63) is 64.6 Å². The second-order valence-corrected chi connectivity index (χ2v) is 6.95. The van der Waals surface area contributed by atoms with Crippen LogP contribution in [0.15, 0.2) is 58.4 Å². The molecule has 5 nitrogen and oxygen atoms in total. The van der Waals surface area contributed by atoms with E-state index >= 15 is 0 Å². The molecule has 1 heterocycles. The van der Waals surface area contributed by atoms with Crippen LogP contribution in [0.25, 0.3) is 0 Å². The number of benzene rings is 1. The fourth-order valence-electron chi connectivity index (χ4n) is 2.33. The summed E-state index contributed by atoms with van der Waals surface area (Å²) in [6, 6.07) is 11.9. The van der Waals surface area contributed by atoms with Gasteiger partial charge in [0.2, 0.25) is 15.6 Å². The fourth-order valence-corrected chi connectivity index (χ4v) is 3.59. The molecule has 1 aliphatic carbocycles. The number of pyridine rings is 1. The molecule has 3 rings (SSSR count).